The first-order valence-electron chi connectivity index (χ1n) is 14.3. The first-order chi connectivity index (χ1) is 20.6. The lowest BCUT2D eigenvalue weighted by molar-refractivity contribution is -0.138. The smallest absolute Gasteiger partial charge is 0.322 e. The Morgan fingerprint density at radius 2 is 1.50 bits per heavy atom. The van der Waals surface area contributed by atoms with E-state index in [0.717, 1.165) is 0 Å². The maximum atomic E-state index is 13.2. The molecule has 7 amide bonds. The molecule has 0 radical (unpaired) electrons. The van der Waals surface area contributed by atoms with E-state index < -0.39 is 97.1 Å². The minimum atomic E-state index is -1.56. The third-order valence-electron chi connectivity index (χ3n) is 6.50. The number of nitrogens with one attached hydrogen (secondary N) is 6. The van der Waals surface area contributed by atoms with Gasteiger partial charge in [0, 0.05) is 13.0 Å². The van der Waals surface area contributed by atoms with Crippen LogP contribution in [0.4, 0.5) is 0 Å². The lowest BCUT2D eigenvalue weighted by atomic mass is 10.0. The van der Waals surface area contributed by atoms with E-state index in [9.17, 15) is 43.5 Å². The number of hydrogen-bond donors (Lipinski definition) is 10. The molecule has 0 saturated carbocycles. The number of carboxylic acids is 1. The molecule has 1 aliphatic heterocycles. The molecule has 12 N–H and O–H groups in total. The zero-order valence-electron chi connectivity index (χ0n) is 24.9. The average molecular weight is 629 g/mol. The molecule has 0 aliphatic carbocycles. The standard InChI is InChI=1S/C26H44N8O10/c1-13(2)9-17-25(43)34-18(12-35)26(44)32-15(23(41)30-11-21(38)39)5-3-4-8-29-20(37)10-14(27)22(40)31-16(24(42)33-17)6-7-19(28)36/h13-18,35H,3-12,27H2,1-2H3,(H2,28,36)(H,29,37)(H,30,41)(H,31,40)(H,32,44)(H,33,42)(H,34,43)(H,38,39)/t14-,15-,16-,17+,18-/m1/s1. The normalized spacial score (nSPS) is 25.0. The van der Waals surface area contributed by atoms with Crippen molar-refractivity contribution in [2.75, 3.05) is 19.7 Å². The highest BCUT2D eigenvalue weighted by Crippen LogP contribution is 2.09. The van der Waals surface area contributed by atoms with Crippen LogP contribution in [-0.4, -0.2) is 107 Å². The van der Waals surface area contributed by atoms with E-state index in [1.165, 1.54) is 0 Å². The van der Waals surface area contributed by atoms with Crippen molar-refractivity contribution >= 4 is 47.3 Å². The van der Waals surface area contributed by atoms with Crippen molar-refractivity contribution in [2.45, 2.75) is 89.0 Å². The van der Waals surface area contributed by atoms with Crippen molar-refractivity contribution < 1.29 is 48.6 Å². The Morgan fingerprint density at radius 1 is 0.909 bits per heavy atom. The molecule has 44 heavy (non-hydrogen) atoms. The quantitative estimate of drug-likeness (QED) is 0.116. The van der Waals surface area contributed by atoms with Gasteiger partial charge in [0.15, 0.2) is 0 Å². The van der Waals surface area contributed by atoms with Crippen LogP contribution in [0.5, 0.6) is 0 Å². The number of rotatable bonds is 9. The summed E-state index contributed by atoms with van der Waals surface area (Å²) in [4.78, 5) is 99.4. The number of primary amides is 1. The van der Waals surface area contributed by atoms with Gasteiger partial charge in [-0.05, 0) is 38.0 Å². The summed E-state index contributed by atoms with van der Waals surface area (Å²) in [7, 11) is 0. The maximum absolute atomic E-state index is 13.2. The summed E-state index contributed by atoms with van der Waals surface area (Å²) in [5.74, 6) is -7.19. The van der Waals surface area contributed by atoms with Gasteiger partial charge >= 0.3 is 5.97 Å². The highest BCUT2D eigenvalue weighted by molar-refractivity contribution is 5.96. The van der Waals surface area contributed by atoms with Crippen LogP contribution in [0.1, 0.15) is 58.8 Å². The number of aliphatic hydroxyl groups is 1. The van der Waals surface area contributed by atoms with Gasteiger partial charge in [-0.1, -0.05) is 13.8 Å². The monoisotopic (exact) mass is 628 g/mol. The number of carboxylic acid groups (broad SMARTS) is 1. The molecule has 1 heterocycles. The van der Waals surface area contributed by atoms with E-state index in [1.54, 1.807) is 13.8 Å². The largest absolute Gasteiger partial charge is 0.480 e. The molecule has 1 saturated heterocycles. The Balaban J connectivity index is 3.34. The molecule has 18 nitrogen and oxygen atoms in total. The van der Waals surface area contributed by atoms with Crippen LogP contribution in [-0.2, 0) is 38.4 Å². The SMILES string of the molecule is CC(C)C[C@@H]1NC(=O)[C@@H](CCC(N)=O)NC(=O)[C@H](N)CC(=O)NCCCC[C@H](C(=O)NCC(=O)O)NC(=O)[C@@H](CO)NC1=O. The zero-order chi connectivity index (χ0) is 33.4. The first-order valence-corrected chi connectivity index (χ1v) is 14.3. The number of amides is 7. The molecule has 1 fully saturated rings. The predicted octanol–water partition coefficient (Wildman–Crippen LogP) is -4.55. The maximum Gasteiger partial charge on any atom is 0.322 e. The molecule has 0 aromatic carbocycles. The van der Waals surface area contributed by atoms with Gasteiger partial charge in [-0.25, -0.2) is 0 Å². The topological polar surface area (TPSA) is 301 Å². The van der Waals surface area contributed by atoms with E-state index in [4.69, 9.17) is 16.6 Å². The van der Waals surface area contributed by atoms with Gasteiger partial charge in [-0.3, -0.25) is 38.4 Å². The lowest BCUT2D eigenvalue weighted by Gasteiger charge is -2.27. The van der Waals surface area contributed by atoms with E-state index in [0.29, 0.717) is 6.42 Å². The van der Waals surface area contributed by atoms with E-state index >= 15 is 0 Å². The minimum absolute atomic E-state index is 0.0137. The number of aliphatic hydroxyl groups excluding tert-OH is 1. The van der Waals surface area contributed by atoms with Crippen LogP contribution >= 0.6 is 0 Å². The van der Waals surface area contributed by atoms with Crippen molar-refractivity contribution in [3.05, 3.63) is 0 Å². The number of hydrogen-bond acceptors (Lipinski definition) is 10. The second kappa shape index (κ2) is 19.1. The molecule has 248 valence electrons. The summed E-state index contributed by atoms with van der Waals surface area (Å²) >= 11 is 0. The summed E-state index contributed by atoms with van der Waals surface area (Å²) in [6.45, 7) is 2.02. The average Bonchev–Trinajstić information content (AvgIpc) is 2.94. The number of nitrogens with two attached hydrogens (primary N) is 2. The van der Waals surface area contributed by atoms with Gasteiger partial charge in [0.05, 0.1) is 19.1 Å². The summed E-state index contributed by atoms with van der Waals surface area (Å²) < 4.78 is 0. The fourth-order valence-electron chi connectivity index (χ4n) is 4.17. The van der Waals surface area contributed by atoms with Crippen molar-refractivity contribution in [2.24, 2.45) is 17.4 Å². The van der Waals surface area contributed by atoms with Crippen LogP contribution in [0.3, 0.4) is 0 Å². The molecule has 0 unspecified atom stereocenters. The molecular formula is C26H44N8O10. The third kappa shape index (κ3) is 14.2. The second-order valence-corrected chi connectivity index (χ2v) is 10.8. The fraction of sp³-hybridized carbons (Fsp3) is 0.692. The lowest BCUT2D eigenvalue weighted by Crippen LogP contribution is -2.60. The molecule has 18 heteroatoms. The summed E-state index contributed by atoms with van der Waals surface area (Å²) in [6, 6.07) is -6.79. The van der Waals surface area contributed by atoms with Gasteiger partial charge in [0.25, 0.3) is 0 Å². The predicted molar refractivity (Wildman–Crippen MR) is 153 cm³/mol. The van der Waals surface area contributed by atoms with Crippen LogP contribution in [0.25, 0.3) is 0 Å². The second-order valence-electron chi connectivity index (χ2n) is 10.8. The van der Waals surface area contributed by atoms with Crippen LogP contribution in [0.2, 0.25) is 0 Å². The van der Waals surface area contributed by atoms with Crippen molar-refractivity contribution in [1.29, 1.82) is 0 Å². The zero-order valence-corrected chi connectivity index (χ0v) is 24.9. The molecule has 0 aromatic heterocycles. The van der Waals surface area contributed by atoms with Gasteiger partial charge in [0.2, 0.25) is 41.4 Å². The molecular weight excluding hydrogens is 584 g/mol. The minimum Gasteiger partial charge on any atom is -0.480 e. The van der Waals surface area contributed by atoms with E-state index in [-0.39, 0.29) is 44.6 Å². The number of aliphatic carboxylic acids is 1. The molecule has 0 aromatic rings. The van der Waals surface area contributed by atoms with Crippen LogP contribution in [0.15, 0.2) is 0 Å². The molecule has 5 atom stereocenters. The first kappa shape index (κ1) is 37.7. The Labute approximate surface area is 254 Å². The highest BCUT2D eigenvalue weighted by atomic mass is 16.4. The molecule has 0 bridgehead atoms. The van der Waals surface area contributed by atoms with Gasteiger partial charge in [-0.15, -0.1) is 0 Å². The van der Waals surface area contributed by atoms with Gasteiger partial charge in [0.1, 0.15) is 30.7 Å². The molecule has 0 spiro atoms. The molecule has 1 rings (SSSR count). The van der Waals surface area contributed by atoms with Crippen molar-refractivity contribution in [3.8, 4) is 0 Å². The highest BCUT2D eigenvalue weighted by Gasteiger charge is 2.32. The van der Waals surface area contributed by atoms with Crippen molar-refractivity contribution in [1.82, 2.24) is 31.9 Å². The summed E-state index contributed by atoms with van der Waals surface area (Å²) in [6.07, 6.45) is -0.310. The molecule has 1 aliphatic rings. The Kier molecular flexibility index (Phi) is 16.3. The van der Waals surface area contributed by atoms with Crippen molar-refractivity contribution in [3.63, 3.8) is 0 Å². The summed E-state index contributed by atoms with van der Waals surface area (Å²) in [5, 5.41) is 33.1. The fourth-order valence-corrected chi connectivity index (χ4v) is 4.17. The van der Waals surface area contributed by atoms with Crippen LogP contribution < -0.4 is 43.4 Å². The van der Waals surface area contributed by atoms with E-state index in [1.807, 2.05) is 0 Å². The Bertz CT molecular complexity index is 1070. The van der Waals surface area contributed by atoms with Crippen LogP contribution in [0, 0.1) is 5.92 Å². The van der Waals surface area contributed by atoms with Gasteiger partial charge < -0.3 is 53.6 Å². The Morgan fingerprint density at radius 3 is 2.09 bits per heavy atom. The Hall–Kier alpha value is -4.32. The number of carbonyl (C=O) groups is 8. The van der Waals surface area contributed by atoms with E-state index in [2.05, 4.69) is 31.9 Å². The third-order valence-corrected chi connectivity index (χ3v) is 6.50. The van der Waals surface area contributed by atoms with Gasteiger partial charge in [-0.2, -0.15) is 0 Å². The number of carbonyl (C=O) groups excluding carboxylic acids is 7. The summed E-state index contributed by atoms with van der Waals surface area (Å²) in [5.41, 5.74) is 11.1.